The van der Waals surface area contributed by atoms with Crippen LogP contribution in [-0.4, -0.2) is 15.3 Å². The average molecular weight is 111 g/mol. The van der Waals surface area contributed by atoms with Crippen LogP contribution in [0.25, 0.3) is 0 Å². The summed E-state index contributed by atoms with van der Waals surface area (Å²) in [7, 11) is 5.18. The van der Waals surface area contributed by atoms with Crippen LogP contribution in [0.15, 0.2) is 0 Å². The Morgan fingerprint density at radius 1 is 1.57 bits per heavy atom. The molecule has 1 radical (unpaired) electrons. The third kappa shape index (κ3) is 6.28. The molecule has 2 heteroatoms. The molecular weight excluding hydrogens is 99.0 g/mol. The molecule has 0 bridgehead atoms. The molecule has 0 aromatic rings. The van der Waals surface area contributed by atoms with Gasteiger partial charge in [0.2, 0.25) is 0 Å². The van der Waals surface area contributed by atoms with Crippen LogP contribution in [0, 0.1) is 0 Å². The van der Waals surface area contributed by atoms with Crippen LogP contribution in [0.3, 0.4) is 0 Å². The van der Waals surface area contributed by atoms with Gasteiger partial charge in [-0.15, -0.1) is 0 Å². The first kappa shape index (κ1) is 7.28. The zero-order chi connectivity index (χ0) is 5.70. The molecule has 39 valence electrons. The van der Waals surface area contributed by atoms with Gasteiger partial charge in [-0.1, -0.05) is 0 Å². The molecule has 0 unspecified atom stereocenters. The van der Waals surface area contributed by atoms with E-state index in [0.29, 0.717) is 0 Å². The van der Waals surface area contributed by atoms with Crippen molar-refractivity contribution in [3.8, 4) is 0 Å². The summed E-state index contributed by atoms with van der Waals surface area (Å²) in [5, 5.41) is 0. The summed E-state index contributed by atoms with van der Waals surface area (Å²) in [5.74, 6) is 0. The van der Waals surface area contributed by atoms with E-state index in [0.717, 1.165) is 0 Å². The van der Waals surface area contributed by atoms with Gasteiger partial charge >= 0.3 is 47.7 Å². The molecule has 0 aromatic carbocycles. The van der Waals surface area contributed by atoms with E-state index in [4.69, 9.17) is 7.05 Å². The first-order valence-corrected chi connectivity index (χ1v) is 5.13. The third-order valence-electron chi connectivity index (χ3n) is 0.925. The minimum atomic E-state index is -0.397. The van der Waals surface area contributed by atoms with Gasteiger partial charge in [0.25, 0.3) is 0 Å². The Bertz CT molecular complexity index is 61.1. The van der Waals surface area contributed by atoms with Crippen molar-refractivity contribution in [2.75, 3.05) is 0 Å². The van der Waals surface area contributed by atoms with Gasteiger partial charge < -0.3 is 0 Å². The van der Waals surface area contributed by atoms with Gasteiger partial charge in [-0.2, -0.15) is 0 Å². The van der Waals surface area contributed by atoms with Gasteiger partial charge in [0.15, 0.2) is 0 Å². The van der Waals surface area contributed by atoms with Crippen molar-refractivity contribution in [3.05, 3.63) is 0 Å². The average Bonchev–Trinajstić information content (AvgIpc) is 1.61. The quantitative estimate of drug-likeness (QED) is 0.485. The fourth-order valence-corrected chi connectivity index (χ4v) is 1.37. The van der Waals surface area contributed by atoms with E-state index in [9.17, 15) is 0 Å². The number of hydrogen-bond acceptors (Lipinski definition) is 0. The molecule has 0 aliphatic rings. The second kappa shape index (κ2) is 4.44. The summed E-state index contributed by atoms with van der Waals surface area (Å²) in [5.41, 5.74) is 0. The van der Waals surface area contributed by atoms with Crippen molar-refractivity contribution >= 4 is 15.3 Å². The second-order valence-corrected chi connectivity index (χ2v) is 4.14. The standard InChI is InChI=1S/C5H12BSi/c1-3-4-5-7(2)6/h3-5H2,1-2H3. The van der Waals surface area contributed by atoms with Gasteiger partial charge in [0.1, 0.15) is 0 Å². The predicted octanol–water partition coefficient (Wildman–Crippen LogP) is 1.58. The second-order valence-electron chi connectivity index (χ2n) is 1.95. The van der Waals surface area contributed by atoms with Crippen molar-refractivity contribution in [2.24, 2.45) is 0 Å². The van der Waals surface area contributed by atoms with Gasteiger partial charge in [-0.25, -0.2) is 0 Å². The molecule has 0 rings (SSSR count). The van der Waals surface area contributed by atoms with Gasteiger partial charge in [0, 0.05) is 0 Å². The summed E-state index contributed by atoms with van der Waals surface area (Å²) in [6, 6.07) is 1.28. The summed E-state index contributed by atoms with van der Waals surface area (Å²) in [4.78, 5) is 0. The van der Waals surface area contributed by atoms with E-state index in [1.165, 1.54) is 18.9 Å². The van der Waals surface area contributed by atoms with E-state index in [1.54, 1.807) is 0 Å². The normalized spacial score (nSPS) is 8.71. The molecule has 0 saturated carbocycles. The Morgan fingerprint density at radius 3 is 2.29 bits per heavy atom. The molecule has 0 aliphatic heterocycles. The monoisotopic (exact) mass is 111 g/mol. The molecule has 0 saturated heterocycles. The van der Waals surface area contributed by atoms with Crippen LogP contribution in [-0.2, 0) is 0 Å². The van der Waals surface area contributed by atoms with E-state index in [-0.39, 0.29) is 0 Å². The molecule has 0 heterocycles. The zero-order valence-corrected chi connectivity index (χ0v) is 6.20. The number of hydrogen-bond donors (Lipinski definition) is 0. The van der Waals surface area contributed by atoms with E-state index in [1.807, 2.05) is 0 Å². The van der Waals surface area contributed by atoms with Crippen LogP contribution in [0.2, 0.25) is 12.6 Å². The third-order valence-corrected chi connectivity index (χ3v) is 2.07. The summed E-state index contributed by atoms with van der Waals surface area (Å²) in [6.07, 6.45) is 2.61. The molecule has 0 aromatic heterocycles. The maximum absolute atomic E-state index is 5.58. The molecule has 0 spiro atoms. The minimum absolute atomic E-state index is 0.397. The molecule has 7 heavy (non-hydrogen) atoms. The van der Waals surface area contributed by atoms with E-state index >= 15 is 0 Å². The van der Waals surface area contributed by atoms with E-state index < -0.39 is 8.27 Å². The van der Waals surface area contributed by atoms with Crippen molar-refractivity contribution in [1.82, 2.24) is 0 Å². The van der Waals surface area contributed by atoms with Crippen LogP contribution >= 0.6 is 0 Å². The van der Waals surface area contributed by atoms with Crippen LogP contribution < -0.4 is 0 Å². The predicted molar refractivity (Wildman–Crippen MR) is 37.1 cm³/mol. The van der Waals surface area contributed by atoms with Gasteiger partial charge in [0.05, 0.1) is 0 Å². The molecular formula is C5H12BSi. The molecule has 0 N–H and O–H groups in total. The Morgan fingerprint density at radius 2 is 2.14 bits per heavy atom. The van der Waals surface area contributed by atoms with E-state index in [2.05, 4.69) is 13.5 Å². The first-order chi connectivity index (χ1) is 3.27. The van der Waals surface area contributed by atoms with Gasteiger partial charge in [-0.3, -0.25) is 0 Å². The molecule has 0 atom stereocenters. The van der Waals surface area contributed by atoms with Crippen LogP contribution in [0.5, 0.6) is 0 Å². The summed E-state index contributed by atoms with van der Waals surface area (Å²) in [6.45, 7) is 4.35. The SMILES string of the molecule is [B]=[Si](C)CCCC. The summed E-state index contributed by atoms with van der Waals surface area (Å²) < 4.78 is 0. The topological polar surface area (TPSA) is 0 Å². The van der Waals surface area contributed by atoms with Crippen molar-refractivity contribution in [3.63, 3.8) is 0 Å². The zero-order valence-electron chi connectivity index (χ0n) is 5.20. The number of rotatable bonds is 3. The molecule has 0 fully saturated rings. The molecule has 0 nitrogen and oxygen atoms in total. The fraction of sp³-hybridized carbons (Fsp3) is 1.00. The van der Waals surface area contributed by atoms with Crippen molar-refractivity contribution < 1.29 is 0 Å². The fourth-order valence-electron chi connectivity index (χ4n) is 0.456. The maximum atomic E-state index is 5.58. The van der Waals surface area contributed by atoms with Crippen molar-refractivity contribution in [1.29, 1.82) is 0 Å². The van der Waals surface area contributed by atoms with Crippen LogP contribution in [0.1, 0.15) is 19.8 Å². The number of unbranched alkanes of at least 4 members (excludes halogenated alkanes) is 1. The summed E-state index contributed by atoms with van der Waals surface area (Å²) >= 11 is 0. The van der Waals surface area contributed by atoms with Crippen LogP contribution in [0.4, 0.5) is 0 Å². The first-order valence-electron chi connectivity index (χ1n) is 2.85. The van der Waals surface area contributed by atoms with Gasteiger partial charge in [-0.05, 0) is 0 Å². The Kier molecular flexibility index (Phi) is 4.62. The Balaban J connectivity index is 2.82. The molecule has 0 aliphatic carbocycles. The Labute approximate surface area is 48.5 Å². The Hall–Kier alpha value is 0.282. The molecule has 0 amide bonds. The van der Waals surface area contributed by atoms with Crippen molar-refractivity contribution in [2.45, 2.75) is 32.4 Å².